The summed E-state index contributed by atoms with van der Waals surface area (Å²) in [7, 11) is -3.67. The molecule has 1 aromatic heterocycles. The van der Waals surface area contributed by atoms with E-state index in [1.54, 1.807) is 37.6 Å². The molecule has 1 fully saturated rings. The third kappa shape index (κ3) is 4.96. The average Bonchev–Trinajstić information content (AvgIpc) is 3.28. The second-order valence-corrected chi connectivity index (χ2v) is 10.3. The maximum absolute atomic E-state index is 13.5. The molecule has 11 nitrogen and oxygen atoms in total. The molecule has 2 amide bonds. The molecule has 0 saturated carbocycles. The van der Waals surface area contributed by atoms with Crippen molar-refractivity contribution in [2.45, 2.75) is 25.4 Å². The van der Waals surface area contributed by atoms with E-state index in [2.05, 4.69) is 10.3 Å². The lowest BCUT2D eigenvalue weighted by Gasteiger charge is -2.46. The van der Waals surface area contributed by atoms with Crippen molar-refractivity contribution in [1.82, 2.24) is 18.8 Å². The maximum Gasteiger partial charge on any atom is 0.251 e. The summed E-state index contributed by atoms with van der Waals surface area (Å²) in [6, 6.07) is 5.03. The number of carbonyl (C=O) groups excluding carboxylic acids is 2. The topological polar surface area (TPSA) is 123 Å². The molecule has 33 heavy (non-hydrogen) atoms. The third-order valence-corrected chi connectivity index (χ3v) is 7.00. The predicted octanol–water partition coefficient (Wildman–Crippen LogP) is 0.546. The van der Waals surface area contributed by atoms with E-state index in [1.807, 2.05) is 10.8 Å². The van der Waals surface area contributed by atoms with Crippen LogP contribution in [0, 0.1) is 0 Å². The molecular weight excluding hydrogens is 450 g/mol. The number of fused-ring (bicyclic) bond motifs is 1. The Morgan fingerprint density at radius 2 is 1.97 bits per heavy atom. The van der Waals surface area contributed by atoms with E-state index >= 15 is 0 Å². The van der Waals surface area contributed by atoms with Crippen molar-refractivity contribution in [3.05, 3.63) is 36.9 Å². The van der Waals surface area contributed by atoms with Gasteiger partial charge in [0.15, 0.2) is 11.5 Å². The van der Waals surface area contributed by atoms with Crippen molar-refractivity contribution < 1.29 is 27.5 Å². The van der Waals surface area contributed by atoms with E-state index in [-0.39, 0.29) is 13.1 Å². The van der Waals surface area contributed by atoms with Crippen LogP contribution in [0.2, 0.25) is 0 Å². The highest BCUT2D eigenvalue weighted by Crippen LogP contribution is 2.33. The van der Waals surface area contributed by atoms with E-state index in [9.17, 15) is 18.0 Å². The number of aromatic nitrogens is 2. The molecule has 12 heteroatoms. The number of ether oxygens (including phenoxy) is 2. The molecule has 0 radical (unpaired) electrons. The average molecular weight is 478 g/mol. The summed E-state index contributed by atoms with van der Waals surface area (Å²) in [6.07, 6.45) is 6.78. The van der Waals surface area contributed by atoms with E-state index in [0.717, 1.165) is 10.6 Å². The number of carbonyl (C=O) groups is 2. The number of anilines is 1. The van der Waals surface area contributed by atoms with Gasteiger partial charge in [-0.05, 0) is 25.5 Å². The standard InChI is InChI=1S/C21H27N5O6S/c1-21(20(28)23-16-4-5-17-18(12-16)32-11-10-31-17)14-25(33(2,29)30)13-19(27)26(21)8-3-7-24-9-6-22-15-24/h4-6,9,12,15H,3,7-8,10-11,13-14H2,1-2H3,(H,23,28). The zero-order valence-electron chi connectivity index (χ0n) is 18.6. The SMILES string of the molecule is CC1(C(=O)Nc2ccc3c(c2)OCCO3)CN(S(C)(=O)=O)CC(=O)N1CCCn1ccnc1. The Kier molecular flexibility index (Phi) is 6.30. The van der Waals surface area contributed by atoms with Crippen molar-refractivity contribution in [1.29, 1.82) is 0 Å². The molecule has 0 aliphatic carbocycles. The number of sulfonamides is 1. The summed E-state index contributed by atoms with van der Waals surface area (Å²) in [5.41, 5.74) is -0.937. The molecule has 2 aliphatic rings. The fourth-order valence-corrected chi connectivity index (χ4v) is 4.84. The van der Waals surface area contributed by atoms with Gasteiger partial charge in [0.25, 0.3) is 5.91 Å². The smallest absolute Gasteiger partial charge is 0.251 e. The Morgan fingerprint density at radius 3 is 2.67 bits per heavy atom. The van der Waals surface area contributed by atoms with Crippen LogP contribution in [0.1, 0.15) is 13.3 Å². The molecule has 178 valence electrons. The lowest BCUT2D eigenvalue weighted by atomic mass is 9.95. The summed E-state index contributed by atoms with van der Waals surface area (Å²) >= 11 is 0. The number of imidazole rings is 1. The van der Waals surface area contributed by atoms with Crippen molar-refractivity contribution in [2.75, 3.05) is 44.4 Å². The van der Waals surface area contributed by atoms with Crippen LogP contribution in [0.15, 0.2) is 36.9 Å². The largest absolute Gasteiger partial charge is 0.486 e. The molecule has 1 atom stereocenters. The summed E-state index contributed by atoms with van der Waals surface area (Å²) in [6.45, 7) is 2.92. The van der Waals surface area contributed by atoms with Crippen LogP contribution < -0.4 is 14.8 Å². The van der Waals surface area contributed by atoms with Gasteiger partial charge in [0, 0.05) is 43.8 Å². The van der Waals surface area contributed by atoms with E-state index < -0.39 is 27.4 Å². The van der Waals surface area contributed by atoms with Gasteiger partial charge in [0.1, 0.15) is 18.8 Å². The zero-order chi connectivity index (χ0) is 23.6. The van der Waals surface area contributed by atoms with Crippen LogP contribution in [-0.4, -0.2) is 83.6 Å². The number of nitrogens with one attached hydrogen (secondary N) is 1. The zero-order valence-corrected chi connectivity index (χ0v) is 19.4. The van der Waals surface area contributed by atoms with Gasteiger partial charge in [0.2, 0.25) is 15.9 Å². The van der Waals surface area contributed by atoms with Gasteiger partial charge >= 0.3 is 0 Å². The first-order chi connectivity index (χ1) is 15.7. The van der Waals surface area contributed by atoms with Crippen molar-refractivity contribution in [3.63, 3.8) is 0 Å². The molecular formula is C21H27N5O6S. The van der Waals surface area contributed by atoms with Gasteiger partial charge in [-0.1, -0.05) is 0 Å². The van der Waals surface area contributed by atoms with Crippen LogP contribution in [0.3, 0.4) is 0 Å². The fourth-order valence-electron chi connectivity index (χ4n) is 4.01. The van der Waals surface area contributed by atoms with Gasteiger partial charge in [-0.2, -0.15) is 4.31 Å². The Bertz CT molecular complexity index is 1140. The molecule has 0 bridgehead atoms. The van der Waals surface area contributed by atoms with Crippen LogP contribution in [0.5, 0.6) is 11.5 Å². The first-order valence-electron chi connectivity index (χ1n) is 10.6. The number of aryl methyl sites for hydroxylation is 1. The molecule has 4 rings (SSSR count). The van der Waals surface area contributed by atoms with Crippen LogP contribution >= 0.6 is 0 Å². The second kappa shape index (κ2) is 9.02. The van der Waals surface area contributed by atoms with Gasteiger partial charge in [-0.25, -0.2) is 13.4 Å². The van der Waals surface area contributed by atoms with Crippen molar-refractivity contribution >= 4 is 27.5 Å². The highest BCUT2D eigenvalue weighted by atomic mass is 32.2. The number of piperazine rings is 1. The molecule has 1 N–H and O–H groups in total. The van der Waals surface area contributed by atoms with Crippen molar-refractivity contribution in [3.8, 4) is 11.5 Å². The summed E-state index contributed by atoms with van der Waals surface area (Å²) < 4.78 is 38.4. The number of amides is 2. The summed E-state index contributed by atoms with van der Waals surface area (Å²) in [5.74, 6) is 0.196. The summed E-state index contributed by atoms with van der Waals surface area (Å²) in [5, 5.41) is 2.82. The summed E-state index contributed by atoms with van der Waals surface area (Å²) in [4.78, 5) is 31.9. The Balaban J connectivity index is 1.55. The minimum absolute atomic E-state index is 0.140. The first-order valence-corrected chi connectivity index (χ1v) is 12.4. The minimum atomic E-state index is -3.67. The van der Waals surface area contributed by atoms with Gasteiger partial charge < -0.3 is 24.3 Å². The normalized spacial score (nSPS) is 21.2. The first kappa shape index (κ1) is 23.1. The second-order valence-electron chi connectivity index (χ2n) is 8.32. The number of hydrogen-bond donors (Lipinski definition) is 1. The van der Waals surface area contributed by atoms with Crippen LogP contribution in [-0.2, 0) is 26.2 Å². The van der Waals surface area contributed by atoms with Crippen molar-refractivity contribution in [2.24, 2.45) is 0 Å². The molecule has 3 heterocycles. The lowest BCUT2D eigenvalue weighted by molar-refractivity contribution is -0.150. The molecule has 1 aromatic carbocycles. The Morgan fingerprint density at radius 1 is 1.21 bits per heavy atom. The third-order valence-electron chi connectivity index (χ3n) is 5.81. The van der Waals surface area contributed by atoms with Gasteiger partial charge in [0.05, 0.1) is 19.1 Å². The molecule has 1 unspecified atom stereocenters. The van der Waals surface area contributed by atoms with E-state index in [4.69, 9.17) is 9.47 Å². The van der Waals surface area contributed by atoms with E-state index in [0.29, 0.717) is 49.9 Å². The number of rotatable bonds is 7. The Hall–Kier alpha value is -3.12. The molecule has 0 spiro atoms. The van der Waals surface area contributed by atoms with E-state index in [1.165, 1.54) is 4.90 Å². The lowest BCUT2D eigenvalue weighted by Crippen LogP contribution is -2.68. The maximum atomic E-state index is 13.5. The van der Waals surface area contributed by atoms with Crippen LogP contribution in [0.25, 0.3) is 0 Å². The fraction of sp³-hybridized carbons (Fsp3) is 0.476. The van der Waals surface area contributed by atoms with Gasteiger partial charge in [-0.15, -0.1) is 0 Å². The van der Waals surface area contributed by atoms with Crippen LogP contribution in [0.4, 0.5) is 5.69 Å². The highest BCUT2D eigenvalue weighted by molar-refractivity contribution is 7.88. The molecule has 1 saturated heterocycles. The predicted molar refractivity (Wildman–Crippen MR) is 119 cm³/mol. The highest BCUT2D eigenvalue weighted by Gasteiger charge is 2.49. The quantitative estimate of drug-likeness (QED) is 0.618. The minimum Gasteiger partial charge on any atom is -0.486 e. The number of hydrogen-bond acceptors (Lipinski definition) is 7. The van der Waals surface area contributed by atoms with Gasteiger partial charge in [-0.3, -0.25) is 9.59 Å². The Labute approximate surface area is 192 Å². The number of nitrogens with zero attached hydrogens (tertiary/aromatic N) is 4. The monoisotopic (exact) mass is 477 g/mol. The number of benzene rings is 1. The molecule has 2 aliphatic heterocycles. The molecule has 2 aromatic rings.